The van der Waals surface area contributed by atoms with Gasteiger partial charge in [0.2, 0.25) is 11.6 Å². The fraction of sp³-hybridized carbons (Fsp3) is 0.542. The number of hydrogen-bond donors (Lipinski definition) is 0. The van der Waals surface area contributed by atoms with Crippen LogP contribution in [0.1, 0.15) is 50.7 Å². The molecule has 0 radical (unpaired) electrons. The molecule has 1 aromatic carbocycles. The molecule has 2 aliphatic rings. The fourth-order valence-corrected chi connectivity index (χ4v) is 4.12. The number of aromatic nitrogens is 5. The quantitative estimate of drug-likeness (QED) is 0.509. The summed E-state index contributed by atoms with van der Waals surface area (Å²) in [6.45, 7) is 8.65. The topological polar surface area (TPSA) is 104 Å². The van der Waals surface area contributed by atoms with Crippen molar-refractivity contribution in [3.8, 4) is 5.69 Å². The second-order valence-corrected chi connectivity index (χ2v) is 10.2. The molecule has 186 valence electrons. The van der Waals surface area contributed by atoms with Crippen molar-refractivity contribution >= 4 is 23.1 Å². The summed E-state index contributed by atoms with van der Waals surface area (Å²) in [6, 6.07) is 3.46. The van der Waals surface area contributed by atoms with Gasteiger partial charge in [0.25, 0.3) is 5.56 Å². The Morgan fingerprint density at radius 1 is 1.20 bits per heavy atom. The molecule has 0 N–H and O–H groups in total. The number of fused-ring (bicyclic) bond motifs is 1. The van der Waals surface area contributed by atoms with Crippen LogP contribution in [-0.2, 0) is 21.0 Å². The smallest absolute Gasteiger partial charge is 0.312 e. The van der Waals surface area contributed by atoms with Crippen LogP contribution in [-0.4, -0.2) is 56.8 Å². The second kappa shape index (κ2) is 8.71. The highest BCUT2D eigenvalue weighted by Crippen LogP contribution is 2.41. The molecule has 0 unspecified atom stereocenters. The lowest BCUT2D eigenvalue weighted by Crippen LogP contribution is -2.41. The Labute approximate surface area is 201 Å². The first-order chi connectivity index (χ1) is 16.6. The monoisotopic (exact) mass is 484 g/mol. The van der Waals surface area contributed by atoms with E-state index in [9.17, 15) is 9.59 Å². The van der Waals surface area contributed by atoms with Gasteiger partial charge >= 0.3 is 5.97 Å². The molecule has 5 rings (SSSR count). The van der Waals surface area contributed by atoms with E-state index in [2.05, 4.69) is 15.2 Å². The molecular formula is C24H29FN6O4. The summed E-state index contributed by atoms with van der Waals surface area (Å²) < 4.78 is 27.2. The van der Waals surface area contributed by atoms with Crippen molar-refractivity contribution in [2.24, 2.45) is 5.41 Å². The van der Waals surface area contributed by atoms with Crippen molar-refractivity contribution in [3.63, 3.8) is 0 Å². The molecule has 0 spiro atoms. The molecule has 2 aromatic heterocycles. The van der Waals surface area contributed by atoms with Gasteiger partial charge in [-0.15, -0.1) is 15.0 Å². The summed E-state index contributed by atoms with van der Waals surface area (Å²) in [6.07, 6.45) is 2.13. The highest BCUT2D eigenvalue weighted by atomic mass is 19.1. The van der Waals surface area contributed by atoms with E-state index in [1.54, 1.807) is 27.7 Å². The third-order valence-electron chi connectivity index (χ3n) is 6.25. The number of benzene rings is 1. The number of morpholine rings is 1. The normalized spacial score (nSPS) is 16.7. The number of rotatable bonds is 5. The van der Waals surface area contributed by atoms with Crippen LogP contribution < -0.4 is 10.5 Å². The Morgan fingerprint density at radius 2 is 1.91 bits per heavy atom. The van der Waals surface area contributed by atoms with Crippen molar-refractivity contribution in [3.05, 3.63) is 39.4 Å². The molecule has 0 amide bonds. The predicted molar refractivity (Wildman–Crippen MR) is 126 cm³/mol. The minimum atomic E-state index is -0.731. The number of aryl methyl sites for hydroxylation is 1. The first-order valence-corrected chi connectivity index (χ1v) is 11.8. The lowest BCUT2D eigenvalue weighted by molar-refractivity contribution is -0.157. The van der Waals surface area contributed by atoms with Gasteiger partial charge in [0.15, 0.2) is 18.1 Å². The van der Waals surface area contributed by atoms with E-state index >= 15 is 4.39 Å². The van der Waals surface area contributed by atoms with Crippen molar-refractivity contribution in [1.82, 2.24) is 24.5 Å². The van der Waals surface area contributed by atoms with E-state index in [1.807, 2.05) is 11.0 Å². The van der Waals surface area contributed by atoms with E-state index in [-0.39, 0.29) is 23.6 Å². The van der Waals surface area contributed by atoms with E-state index in [1.165, 1.54) is 10.6 Å². The third kappa shape index (κ3) is 4.52. The summed E-state index contributed by atoms with van der Waals surface area (Å²) in [5.74, 6) is -0.182. The van der Waals surface area contributed by atoms with E-state index < -0.39 is 22.8 Å². The van der Waals surface area contributed by atoms with Gasteiger partial charge in [0.05, 0.1) is 18.6 Å². The Kier molecular flexibility index (Phi) is 5.82. The molecule has 0 atom stereocenters. The molecule has 10 nitrogen and oxygen atoms in total. The Balaban J connectivity index is 1.59. The van der Waals surface area contributed by atoms with Crippen LogP contribution in [0.25, 0.3) is 16.9 Å². The zero-order chi connectivity index (χ0) is 24.9. The predicted octanol–water partition coefficient (Wildman–Crippen LogP) is 2.69. The molecule has 1 aliphatic heterocycles. The van der Waals surface area contributed by atoms with Crippen LogP contribution in [0.15, 0.2) is 16.9 Å². The van der Waals surface area contributed by atoms with Gasteiger partial charge in [-0.1, -0.05) is 6.07 Å². The van der Waals surface area contributed by atoms with Crippen LogP contribution in [0.5, 0.6) is 0 Å². The molecular weight excluding hydrogens is 455 g/mol. The van der Waals surface area contributed by atoms with E-state index in [4.69, 9.17) is 9.47 Å². The third-order valence-corrected chi connectivity index (χ3v) is 6.25. The molecule has 35 heavy (non-hydrogen) atoms. The van der Waals surface area contributed by atoms with Crippen molar-refractivity contribution < 1.29 is 18.7 Å². The second-order valence-electron chi connectivity index (χ2n) is 10.2. The van der Waals surface area contributed by atoms with E-state index in [0.717, 1.165) is 23.2 Å². The highest BCUT2D eigenvalue weighted by molar-refractivity contribution is 5.75. The molecule has 1 aliphatic carbocycles. The number of ether oxygens (including phenoxy) is 2. The molecule has 1 saturated carbocycles. The zero-order valence-corrected chi connectivity index (χ0v) is 20.4. The number of anilines is 1. The van der Waals surface area contributed by atoms with Crippen LogP contribution in [0, 0.1) is 18.2 Å². The number of carbonyl (C=O) groups excluding carboxylic acids is 1. The van der Waals surface area contributed by atoms with Crippen LogP contribution in [0.3, 0.4) is 0 Å². The maximum absolute atomic E-state index is 15.1. The average Bonchev–Trinajstić information content (AvgIpc) is 3.57. The molecule has 2 fully saturated rings. The number of nitrogens with zero attached hydrogens (tertiary/aromatic N) is 6. The van der Waals surface area contributed by atoms with Crippen molar-refractivity contribution in [2.45, 2.75) is 53.2 Å². The standard InChI is InChI=1S/C24H29FN6O4/c1-14-11-16(15-5-6-15)12-17(25)19(14)31-27-18-20(28-31)26-23(29-7-9-34-10-8-29)30(21(18)32)13-35-22(33)24(2,3)4/h11-12,15H,5-10,13H2,1-4H3. The van der Waals surface area contributed by atoms with Crippen molar-refractivity contribution in [2.75, 3.05) is 31.2 Å². The van der Waals surface area contributed by atoms with Gasteiger partial charge in [-0.2, -0.15) is 4.98 Å². The maximum atomic E-state index is 15.1. The molecule has 3 heterocycles. The van der Waals surface area contributed by atoms with Gasteiger partial charge in [-0.25, -0.2) is 8.96 Å². The fourth-order valence-electron chi connectivity index (χ4n) is 4.12. The number of hydrogen-bond acceptors (Lipinski definition) is 8. The van der Waals surface area contributed by atoms with E-state index in [0.29, 0.717) is 43.7 Å². The lowest BCUT2D eigenvalue weighted by Gasteiger charge is -2.29. The summed E-state index contributed by atoms with van der Waals surface area (Å²) >= 11 is 0. The van der Waals surface area contributed by atoms with Gasteiger partial charge in [0, 0.05) is 13.1 Å². The highest BCUT2D eigenvalue weighted by Gasteiger charge is 2.28. The first kappa shape index (κ1) is 23.4. The molecule has 3 aromatic rings. The molecule has 0 bridgehead atoms. The lowest BCUT2D eigenvalue weighted by atomic mass is 9.98. The number of carbonyl (C=O) groups is 1. The van der Waals surface area contributed by atoms with Gasteiger partial charge in [0.1, 0.15) is 5.69 Å². The van der Waals surface area contributed by atoms with Gasteiger partial charge in [-0.05, 0) is 63.6 Å². The average molecular weight is 485 g/mol. The summed E-state index contributed by atoms with van der Waals surface area (Å²) in [4.78, 5) is 33.5. The van der Waals surface area contributed by atoms with Crippen LogP contribution >= 0.6 is 0 Å². The van der Waals surface area contributed by atoms with Crippen molar-refractivity contribution in [1.29, 1.82) is 0 Å². The number of esters is 1. The minimum absolute atomic E-state index is 0.0288. The van der Waals surface area contributed by atoms with Gasteiger partial charge in [-0.3, -0.25) is 9.59 Å². The Bertz CT molecular complexity index is 1330. The minimum Gasteiger partial charge on any atom is -0.443 e. The Morgan fingerprint density at radius 3 is 2.54 bits per heavy atom. The Hall–Kier alpha value is -3.34. The van der Waals surface area contributed by atoms with Crippen LogP contribution in [0.2, 0.25) is 0 Å². The number of halogens is 1. The first-order valence-electron chi connectivity index (χ1n) is 11.8. The summed E-state index contributed by atoms with van der Waals surface area (Å²) in [5.41, 5.74) is 0.656. The largest absolute Gasteiger partial charge is 0.443 e. The SMILES string of the molecule is Cc1cc(C2CC2)cc(F)c1-n1nc2nc(N3CCOCC3)n(COC(=O)C(C)(C)C)c(=O)c2n1. The summed E-state index contributed by atoms with van der Waals surface area (Å²) in [5, 5.41) is 8.67. The molecule has 1 saturated heterocycles. The summed E-state index contributed by atoms with van der Waals surface area (Å²) in [7, 11) is 0. The van der Waals surface area contributed by atoms with Gasteiger partial charge < -0.3 is 14.4 Å². The zero-order valence-electron chi connectivity index (χ0n) is 20.4. The molecule has 11 heteroatoms. The van der Waals surface area contributed by atoms with Crippen LogP contribution in [0.4, 0.5) is 10.3 Å². The maximum Gasteiger partial charge on any atom is 0.312 e.